The second kappa shape index (κ2) is 5.83. The molecular formula is C12H14N4O3S. The van der Waals surface area contributed by atoms with Crippen molar-refractivity contribution in [2.75, 3.05) is 5.32 Å². The van der Waals surface area contributed by atoms with Crippen LogP contribution in [0.2, 0.25) is 0 Å². The molecule has 0 aliphatic carbocycles. The van der Waals surface area contributed by atoms with Gasteiger partial charge in [0.05, 0.1) is 18.7 Å². The van der Waals surface area contributed by atoms with Crippen LogP contribution in [0.5, 0.6) is 0 Å². The first kappa shape index (κ1) is 14.2. The van der Waals surface area contributed by atoms with Crippen molar-refractivity contribution in [2.24, 2.45) is 0 Å². The minimum absolute atomic E-state index is 0.0341. The number of carbonyl (C=O) groups excluding carboxylic acids is 1. The summed E-state index contributed by atoms with van der Waals surface area (Å²) in [6.45, 7) is 4.05. The lowest BCUT2D eigenvalue weighted by molar-refractivity contribution is -0.137. The number of aromatic nitrogens is 3. The molecular weight excluding hydrogens is 280 g/mol. The number of hydrogen-bond donors (Lipinski definition) is 2. The number of carboxylic acids is 1. The standard InChI is InChI=1S/C12H14N4O3S/c1-7-8(2)20-12(13-7)14-11(19)9-3-5-16(15-9)6-4-10(17)18/h3,5H,4,6H2,1-2H3,(H,17,18)(H,13,14,19). The average Bonchev–Trinajstić information content (AvgIpc) is 2.95. The fraction of sp³-hybridized carbons (Fsp3) is 0.333. The molecule has 0 atom stereocenters. The number of anilines is 1. The Balaban J connectivity index is 2.00. The number of thiazole rings is 1. The molecule has 0 aliphatic rings. The van der Waals surface area contributed by atoms with Gasteiger partial charge in [0.25, 0.3) is 5.91 Å². The van der Waals surface area contributed by atoms with Gasteiger partial charge in [0.2, 0.25) is 0 Å². The van der Waals surface area contributed by atoms with E-state index in [1.807, 2.05) is 13.8 Å². The molecule has 2 aromatic rings. The molecule has 8 heteroatoms. The van der Waals surface area contributed by atoms with E-state index < -0.39 is 5.97 Å². The van der Waals surface area contributed by atoms with Crippen LogP contribution >= 0.6 is 11.3 Å². The maximum atomic E-state index is 11.9. The SMILES string of the molecule is Cc1nc(NC(=O)c2ccn(CCC(=O)O)n2)sc1C. The van der Waals surface area contributed by atoms with Crippen LogP contribution in [0.15, 0.2) is 12.3 Å². The third kappa shape index (κ3) is 3.41. The molecule has 0 aromatic carbocycles. The van der Waals surface area contributed by atoms with Gasteiger partial charge in [-0.2, -0.15) is 5.10 Å². The van der Waals surface area contributed by atoms with Crippen LogP contribution in [0, 0.1) is 13.8 Å². The number of nitrogens with one attached hydrogen (secondary N) is 1. The summed E-state index contributed by atoms with van der Waals surface area (Å²) in [5, 5.41) is 15.8. The maximum absolute atomic E-state index is 11.9. The van der Waals surface area contributed by atoms with Crippen molar-refractivity contribution in [3.8, 4) is 0 Å². The Labute approximate surface area is 119 Å². The van der Waals surface area contributed by atoms with Crippen molar-refractivity contribution in [1.82, 2.24) is 14.8 Å². The highest BCUT2D eigenvalue weighted by molar-refractivity contribution is 7.15. The lowest BCUT2D eigenvalue weighted by Crippen LogP contribution is -2.13. The fourth-order valence-electron chi connectivity index (χ4n) is 1.50. The summed E-state index contributed by atoms with van der Waals surface area (Å²) in [6, 6.07) is 1.55. The smallest absolute Gasteiger partial charge is 0.305 e. The zero-order valence-electron chi connectivity index (χ0n) is 11.1. The first-order chi connectivity index (χ1) is 9.45. The van der Waals surface area contributed by atoms with Crippen molar-refractivity contribution >= 4 is 28.3 Å². The van der Waals surface area contributed by atoms with E-state index in [-0.39, 0.29) is 24.6 Å². The van der Waals surface area contributed by atoms with Gasteiger partial charge >= 0.3 is 5.97 Å². The van der Waals surface area contributed by atoms with E-state index in [1.54, 1.807) is 12.3 Å². The second-order valence-electron chi connectivity index (χ2n) is 4.22. The van der Waals surface area contributed by atoms with Gasteiger partial charge in [0, 0.05) is 11.1 Å². The molecule has 2 N–H and O–H groups in total. The van der Waals surface area contributed by atoms with Gasteiger partial charge in [0.1, 0.15) is 0 Å². The lowest BCUT2D eigenvalue weighted by Gasteiger charge is -1.99. The zero-order valence-corrected chi connectivity index (χ0v) is 11.9. The van der Waals surface area contributed by atoms with E-state index in [4.69, 9.17) is 5.11 Å². The van der Waals surface area contributed by atoms with Crippen LogP contribution in [-0.4, -0.2) is 31.7 Å². The molecule has 2 rings (SSSR count). The summed E-state index contributed by atoms with van der Waals surface area (Å²) >= 11 is 1.40. The fourth-order valence-corrected chi connectivity index (χ4v) is 2.31. The summed E-state index contributed by atoms with van der Waals surface area (Å²) in [4.78, 5) is 27.7. The van der Waals surface area contributed by atoms with Gasteiger partial charge in [-0.25, -0.2) is 4.98 Å². The summed E-state index contributed by atoms with van der Waals surface area (Å²) in [5.41, 5.74) is 1.12. The molecule has 2 aromatic heterocycles. The summed E-state index contributed by atoms with van der Waals surface area (Å²) in [7, 11) is 0. The molecule has 106 valence electrons. The van der Waals surface area contributed by atoms with E-state index in [0.29, 0.717) is 5.13 Å². The maximum Gasteiger partial charge on any atom is 0.305 e. The first-order valence-electron chi connectivity index (χ1n) is 5.96. The number of aliphatic carboxylic acids is 1. The van der Waals surface area contributed by atoms with Gasteiger partial charge < -0.3 is 5.11 Å². The Morgan fingerprint density at radius 1 is 1.45 bits per heavy atom. The number of amides is 1. The predicted molar refractivity (Wildman–Crippen MR) is 74.0 cm³/mol. The van der Waals surface area contributed by atoms with Gasteiger partial charge in [-0.05, 0) is 19.9 Å². The van der Waals surface area contributed by atoms with Crippen LogP contribution < -0.4 is 5.32 Å². The van der Waals surface area contributed by atoms with Crippen molar-refractivity contribution in [1.29, 1.82) is 0 Å². The van der Waals surface area contributed by atoms with Crippen LogP contribution in [0.25, 0.3) is 0 Å². The van der Waals surface area contributed by atoms with Gasteiger partial charge in [0.15, 0.2) is 10.8 Å². The van der Waals surface area contributed by atoms with Gasteiger partial charge in [-0.15, -0.1) is 11.3 Å². The number of nitrogens with zero attached hydrogens (tertiary/aromatic N) is 3. The molecule has 0 aliphatic heterocycles. The highest BCUT2D eigenvalue weighted by Crippen LogP contribution is 2.21. The highest BCUT2D eigenvalue weighted by Gasteiger charge is 2.13. The molecule has 7 nitrogen and oxygen atoms in total. The molecule has 0 radical (unpaired) electrons. The Morgan fingerprint density at radius 3 is 2.80 bits per heavy atom. The first-order valence-corrected chi connectivity index (χ1v) is 6.78. The van der Waals surface area contributed by atoms with Crippen LogP contribution in [0.4, 0.5) is 5.13 Å². The summed E-state index contributed by atoms with van der Waals surface area (Å²) in [5.74, 6) is -1.26. The normalized spacial score (nSPS) is 10.5. The molecule has 1 amide bonds. The van der Waals surface area contributed by atoms with Crippen molar-refractivity contribution in [3.05, 3.63) is 28.5 Å². The van der Waals surface area contributed by atoms with E-state index in [2.05, 4.69) is 15.4 Å². The van der Waals surface area contributed by atoms with Crippen LogP contribution in [-0.2, 0) is 11.3 Å². The second-order valence-corrected chi connectivity index (χ2v) is 5.43. The Bertz CT molecular complexity index is 627. The summed E-state index contributed by atoms with van der Waals surface area (Å²) in [6.07, 6.45) is 1.55. The number of rotatable bonds is 5. The van der Waals surface area contributed by atoms with Crippen LogP contribution in [0.3, 0.4) is 0 Å². The van der Waals surface area contributed by atoms with Gasteiger partial charge in [-0.1, -0.05) is 0 Å². The molecule has 2 heterocycles. The number of aryl methyl sites for hydroxylation is 3. The molecule has 0 spiro atoms. The highest BCUT2D eigenvalue weighted by atomic mass is 32.1. The number of carboxylic acid groups (broad SMARTS) is 1. The van der Waals surface area contributed by atoms with Crippen molar-refractivity contribution < 1.29 is 14.7 Å². The molecule has 20 heavy (non-hydrogen) atoms. The number of hydrogen-bond acceptors (Lipinski definition) is 5. The van der Waals surface area contributed by atoms with E-state index >= 15 is 0 Å². The molecule has 0 bridgehead atoms. The van der Waals surface area contributed by atoms with Crippen molar-refractivity contribution in [2.45, 2.75) is 26.8 Å². The van der Waals surface area contributed by atoms with E-state index in [0.717, 1.165) is 10.6 Å². The lowest BCUT2D eigenvalue weighted by atomic mass is 10.4. The zero-order chi connectivity index (χ0) is 14.7. The minimum Gasteiger partial charge on any atom is -0.481 e. The predicted octanol–water partition coefficient (Wildman–Crippen LogP) is 1.68. The molecule has 0 saturated carbocycles. The largest absolute Gasteiger partial charge is 0.481 e. The van der Waals surface area contributed by atoms with Crippen LogP contribution in [0.1, 0.15) is 27.5 Å². The Kier molecular flexibility index (Phi) is 4.14. The Morgan fingerprint density at radius 2 is 2.20 bits per heavy atom. The number of carbonyl (C=O) groups is 2. The quantitative estimate of drug-likeness (QED) is 0.874. The van der Waals surface area contributed by atoms with E-state index in [9.17, 15) is 9.59 Å². The third-order valence-electron chi connectivity index (χ3n) is 2.68. The molecule has 0 unspecified atom stereocenters. The minimum atomic E-state index is -0.903. The topological polar surface area (TPSA) is 97.1 Å². The van der Waals surface area contributed by atoms with E-state index in [1.165, 1.54) is 16.0 Å². The van der Waals surface area contributed by atoms with Crippen molar-refractivity contribution in [3.63, 3.8) is 0 Å². The molecule has 0 saturated heterocycles. The summed E-state index contributed by atoms with van der Waals surface area (Å²) < 4.78 is 1.43. The average molecular weight is 294 g/mol. The third-order valence-corrected chi connectivity index (χ3v) is 3.67. The molecule has 0 fully saturated rings. The van der Waals surface area contributed by atoms with Gasteiger partial charge in [-0.3, -0.25) is 19.6 Å². The Hall–Kier alpha value is -2.22. The monoisotopic (exact) mass is 294 g/mol.